The van der Waals surface area contributed by atoms with Gasteiger partial charge in [0.25, 0.3) is 0 Å². The van der Waals surface area contributed by atoms with E-state index in [2.05, 4.69) is 4.98 Å². The van der Waals surface area contributed by atoms with Crippen molar-refractivity contribution < 1.29 is 4.79 Å². The highest BCUT2D eigenvalue weighted by molar-refractivity contribution is 6.30. The van der Waals surface area contributed by atoms with Crippen molar-refractivity contribution in [1.82, 2.24) is 9.55 Å². The van der Waals surface area contributed by atoms with E-state index in [9.17, 15) is 4.79 Å². The molecule has 1 heterocycles. The Morgan fingerprint density at radius 3 is 2.83 bits per heavy atom. The Balaban J connectivity index is 2.29. The Bertz CT molecular complexity index is 733. The zero-order valence-corrected chi connectivity index (χ0v) is 10.1. The predicted molar refractivity (Wildman–Crippen MR) is 71.5 cm³/mol. The van der Waals surface area contributed by atoms with Crippen molar-refractivity contribution in [2.75, 3.05) is 0 Å². The monoisotopic (exact) mass is 256 g/mol. The Labute approximate surface area is 109 Å². The molecular formula is C14H9ClN2O. The molecule has 0 saturated heterocycles. The van der Waals surface area contributed by atoms with Crippen LogP contribution in [0, 0.1) is 0 Å². The lowest BCUT2D eigenvalue weighted by molar-refractivity contribution is 0.112. The van der Waals surface area contributed by atoms with Crippen LogP contribution >= 0.6 is 11.6 Å². The number of aldehydes is 1. The Morgan fingerprint density at radius 2 is 2.00 bits per heavy atom. The molecule has 0 spiro atoms. The number of imidazole rings is 1. The van der Waals surface area contributed by atoms with Gasteiger partial charge in [0.1, 0.15) is 6.33 Å². The maximum atomic E-state index is 11.1. The molecule has 4 heteroatoms. The molecule has 0 aliphatic rings. The molecule has 0 fully saturated rings. The van der Waals surface area contributed by atoms with E-state index < -0.39 is 0 Å². The van der Waals surface area contributed by atoms with Crippen LogP contribution in [0.2, 0.25) is 5.02 Å². The minimum absolute atomic E-state index is 0.547. The molecule has 0 aliphatic heterocycles. The predicted octanol–water partition coefficient (Wildman–Crippen LogP) is 3.49. The zero-order valence-electron chi connectivity index (χ0n) is 9.38. The molecule has 0 unspecified atom stereocenters. The van der Waals surface area contributed by atoms with Crippen LogP contribution in [0.3, 0.4) is 0 Å². The number of hydrogen-bond acceptors (Lipinski definition) is 2. The van der Waals surface area contributed by atoms with E-state index in [0.717, 1.165) is 23.0 Å². The summed E-state index contributed by atoms with van der Waals surface area (Å²) < 4.78 is 1.88. The molecule has 3 rings (SSSR count). The van der Waals surface area contributed by atoms with Crippen LogP contribution in [0.15, 0.2) is 48.8 Å². The second-order valence-corrected chi connectivity index (χ2v) is 4.36. The molecule has 0 aliphatic carbocycles. The number of hydrogen-bond donors (Lipinski definition) is 0. The van der Waals surface area contributed by atoms with Gasteiger partial charge < -0.3 is 0 Å². The van der Waals surface area contributed by atoms with Gasteiger partial charge in [-0.1, -0.05) is 23.7 Å². The highest BCUT2D eigenvalue weighted by atomic mass is 35.5. The highest BCUT2D eigenvalue weighted by Crippen LogP contribution is 2.22. The van der Waals surface area contributed by atoms with Crippen molar-refractivity contribution in [3.05, 3.63) is 59.4 Å². The van der Waals surface area contributed by atoms with Crippen molar-refractivity contribution in [3.63, 3.8) is 0 Å². The SMILES string of the molecule is O=Cc1cc(Cl)ccc1-n1cnc2ccccc21. The Morgan fingerprint density at radius 1 is 1.17 bits per heavy atom. The van der Waals surface area contributed by atoms with Gasteiger partial charge in [0.05, 0.1) is 16.7 Å². The van der Waals surface area contributed by atoms with Crippen LogP contribution in [-0.4, -0.2) is 15.8 Å². The van der Waals surface area contributed by atoms with Crippen molar-refractivity contribution in [1.29, 1.82) is 0 Å². The van der Waals surface area contributed by atoms with Gasteiger partial charge in [-0.2, -0.15) is 0 Å². The summed E-state index contributed by atoms with van der Waals surface area (Å²) in [4.78, 5) is 15.4. The van der Waals surface area contributed by atoms with Gasteiger partial charge in [-0.05, 0) is 30.3 Å². The largest absolute Gasteiger partial charge is 0.298 e. The van der Waals surface area contributed by atoms with E-state index in [1.165, 1.54) is 0 Å². The molecule has 0 radical (unpaired) electrons. The average molecular weight is 257 g/mol. The topological polar surface area (TPSA) is 34.9 Å². The van der Waals surface area contributed by atoms with Gasteiger partial charge in [-0.25, -0.2) is 4.98 Å². The number of halogens is 1. The Kier molecular flexibility index (Phi) is 2.61. The molecule has 3 aromatic rings. The fourth-order valence-corrected chi connectivity index (χ4v) is 2.17. The lowest BCUT2D eigenvalue weighted by atomic mass is 10.2. The number of rotatable bonds is 2. The number of nitrogens with zero attached hydrogens (tertiary/aromatic N) is 2. The smallest absolute Gasteiger partial charge is 0.152 e. The van der Waals surface area contributed by atoms with E-state index >= 15 is 0 Å². The van der Waals surface area contributed by atoms with Crippen molar-refractivity contribution in [2.24, 2.45) is 0 Å². The maximum Gasteiger partial charge on any atom is 0.152 e. The third kappa shape index (κ3) is 1.69. The molecular weight excluding hydrogens is 248 g/mol. The third-order valence-electron chi connectivity index (χ3n) is 2.83. The fraction of sp³-hybridized carbons (Fsp3) is 0. The third-order valence-corrected chi connectivity index (χ3v) is 3.06. The van der Waals surface area contributed by atoms with Gasteiger partial charge in [-0.15, -0.1) is 0 Å². The number of benzene rings is 2. The number of carbonyl (C=O) groups excluding carboxylic acids is 1. The Hall–Kier alpha value is -2.13. The molecule has 0 bridgehead atoms. The molecule has 2 aromatic carbocycles. The summed E-state index contributed by atoms with van der Waals surface area (Å²) in [5.41, 5.74) is 3.18. The number of carbonyl (C=O) groups is 1. The van der Waals surface area contributed by atoms with E-state index in [0.29, 0.717) is 10.6 Å². The zero-order chi connectivity index (χ0) is 12.5. The summed E-state index contributed by atoms with van der Waals surface area (Å²) in [7, 11) is 0. The van der Waals surface area contributed by atoms with Crippen LogP contribution < -0.4 is 0 Å². The first-order valence-corrected chi connectivity index (χ1v) is 5.84. The first-order valence-electron chi connectivity index (χ1n) is 5.47. The number of fused-ring (bicyclic) bond motifs is 1. The lowest BCUT2D eigenvalue weighted by Crippen LogP contribution is -1.97. The summed E-state index contributed by atoms with van der Waals surface area (Å²) >= 11 is 5.89. The van der Waals surface area contributed by atoms with Crippen LogP contribution in [0.5, 0.6) is 0 Å². The van der Waals surface area contributed by atoms with Crippen molar-refractivity contribution in [2.45, 2.75) is 0 Å². The molecule has 3 nitrogen and oxygen atoms in total. The second kappa shape index (κ2) is 4.27. The highest BCUT2D eigenvalue weighted by Gasteiger charge is 2.08. The molecule has 18 heavy (non-hydrogen) atoms. The standard InChI is InChI=1S/C14H9ClN2O/c15-11-5-6-13(10(7-11)8-18)17-9-16-12-3-1-2-4-14(12)17/h1-9H. The summed E-state index contributed by atoms with van der Waals surface area (Å²) in [6.45, 7) is 0. The van der Waals surface area contributed by atoms with Gasteiger partial charge >= 0.3 is 0 Å². The van der Waals surface area contributed by atoms with E-state index in [1.807, 2.05) is 34.9 Å². The van der Waals surface area contributed by atoms with Crippen LogP contribution in [-0.2, 0) is 0 Å². The van der Waals surface area contributed by atoms with Gasteiger partial charge in [0.15, 0.2) is 6.29 Å². The van der Waals surface area contributed by atoms with Crippen LogP contribution in [0.4, 0.5) is 0 Å². The molecule has 88 valence electrons. The number of para-hydroxylation sites is 2. The minimum Gasteiger partial charge on any atom is -0.298 e. The molecule has 1 aromatic heterocycles. The normalized spacial score (nSPS) is 10.7. The van der Waals surface area contributed by atoms with Gasteiger partial charge in [0, 0.05) is 10.6 Å². The van der Waals surface area contributed by atoms with E-state index in [-0.39, 0.29) is 0 Å². The first-order chi connectivity index (χ1) is 8.79. The first kappa shape index (κ1) is 11.0. The molecule has 0 N–H and O–H groups in total. The van der Waals surface area contributed by atoms with E-state index in [1.54, 1.807) is 18.5 Å². The molecule has 0 saturated carbocycles. The van der Waals surface area contributed by atoms with Gasteiger partial charge in [0.2, 0.25) is 0 Å². The summed E-state index contributed by atoms with van der Waals surface area (Å²) in [5.74, 6) is 0. The minimum atomic E-state index is 0.547. The van der Waals surface area contributed by atoms with Crippen molar-refractivity contribution >= 4 is 28.9 Å². The average Bonchev–Trinajstić information content (AvgIpc) is 2.82. The molecule has 0 atom stereocenters. The summed E-state index contributed by atoms with van der Waals surface area (Å²) in [5, 5.41) is 0.547. The summed E-state index contributed by atoms with van der Waals surface area (Å²) in [6.07, 6.45) is 2.51. The summed E-state index contributed by atoms with van der Waals surface area (Å²) in [6, 6.07) is 13.0. The fourth-order valence-electron chi connectivity index (χ4n) is 1.99. The maximum absolute atomic E-state index is 11.1. The van der Waals surface area contributed by atoms with Crippen molar-refractivity contribution in [3.8, 4) is 5.69 Å². The van der Waals surface area contributed by atoms with E-state index in [4.69, 9.17) is 11.6 Å². The van der Waals surface area contributed by atoms with Crippen LogP contribution in [0.1, 0.15) is 10.4 Å². The number of aromatic nitrogens is 2. The lowest BCUT2D eigenvalue weighted by Gasteiger charge is -2.07. The second-order valence-electron chi connectivity index (χ2n) is 3.92. The van der Waals surface area contributed by atoms with Gasteiger partial charge in [-0.3, -0.25) is 9.36 Å². The van der Waals surface area contributed by atoms with Crippen LogP contribution in [0.25, 0.3) is 16.7 Å². The molecule has 0 amide bonds. The quantitative estimate of drug-likeness (QED) is 0.658.